The first-order valence-electron chi connectivity index (χ1n) is 5.21. The van der Waals surface area contributed by atoms with Crippen LogP contribution in [0.25, 0.3) is 6.08 Å². The molecule has 0 saturated carbocycles. The van der Waals surface area contributed by atoms with Crippen LogP contribution >= 0.6 is 0 Å². The Bertz CT molecular complexity index is 344. The van der Waals surface area contributed by atoms with Gasteiger partial charge in [-0.2, -0.15) is 0 Å². The molecule has 0 spiro atoms. The topological polar surface area (TPSA) is 44.1 Å². The van der Waals surface area contributed by atoms with Gasteiger partial charge in [-0.05, 0) is 30.0 Å². The summed E-state index contributed by atoms with van der Waals surface area (Å²) in [7, 11) is 0. The molecule has 0 aromatic heterocycles. The van der Waals surface area contributed by atoms with Crippen LogP contribution in [0.5, 0.6) is 0 Å². The molecule has 0 amide bonds. The number of aliphatic hydroxyl groups excluding tert-OH is 1. The summed E-state index contributed by atoms with van der Waals surface area (Å²) in [6.07, 6.45) is 6.50. The summed E-state index contributed by atoms with van der Waals surface area (Å²) in [5.41, 5.74) is 1.97. The van der Waals surface area contributed by atoms with E-state index in [0.29, 0.717) is 6.42 Å². The summed E-state index contributed by atoms with van der Waals surface area (Å²) in [5, 5.41) is 16.5. The molecular weight excluding hydrogens is 186 g/mol. The Kier molecular flexibility index (Phi) is 4.78. The number of aliphatic hydroxyl groups is 1. The Morgan fingerprint density at radius 3 is 2.80 bits per heavy atom. The Balaban J connectivity index is 2.59. The third-order valence-corrected chi connectivity index (χ3v) is 2.27. The van der Waals surface area contributed by atoms with E-state index < -0.39 is 0 Å². The van der Waals surface area contributed by atoms with Crippen molar-refractivity contribution in [3.63, 3.8) is 0 Å². The maximum Gasteiger partial charge on any atom is 0.0572 e. The predicted octanol–water partition coefficient (Wildman–Crippen LogP) is 2.86. The molecule has 0 saturated heterocycles. The molecule has 0 aliphatic heterocycles. The van der Waals surface area contributed by atoms with Gasteiger partial charge >= 0.3 is 0 Å². The number of nitrogens with one attached hydrogen (secondary N) is 1. The molecule has 0 fully saturated rings. The second kappa shape index (κ2) is 6.14. The van der Waals surface area contributed by atoms with Crippen LogP contribution in [0.4, 0.5) is 0 Å². The highest BCUT2D eigenvalue weighted by molar-refractivity contribution is 5.78. The minimum atomic E-state index is -0.243. The van der Waals surface area contributed by atoms with Crippen LogP contribution in [0.15, 0.2) is 30.3 Å². The average Bonchev–Trinajstić information content (AvgIpc) is 2.29. The summed E-state index contributed by atoms with van der Waals surface area (Å²) in [5.74, 6) is 0. The maximum absolute atomic E-state index is 9.35. The van der Waals surface area contributed by atoms with Crippen molar-refractivity contribution in [2.75, 3.05) is 0 Å². The molecule has 1 unspecified atom stereocenters. The van der Waals surface area contributed by atoms with Crippen molar-refractivity contribution in [1.29, 1.82) is 5.41 Å². The normalized spacial score (nSPS) is 12.9. The smallest absolute Gasteiger partial charge is 0.0572 e. The van der Waals surface area contributed by atoms with Gasteiger partial charge in [0.15, 0.2) is 0 Å². The fraction of sp³-hybridized carbons (Fsp3) is 0.308. The van der Waals surface area contributed by atoms with Gasteiger partial charge in [-0.3, -0.25) is 0 Å². The Morgan fingerprint density at radius 2 is 2.13 bits per heavy atom. The van der Waals surface area contributed by atoms with Crippen molar-refractivity contribution in [2.24, 2.45) is 0 Å². The maximum atomic E-state index is 9.35. The summed E-state index contributed by atoms with van der Waals surface area (Å²) >= 11 is 0. The van der Waals surface area contributed by atoms with Crippen molar-refractivity contribution in [3.8, 4) is 0 Å². The lowest BCUT2D eigenvalue weighted by Crippen LogP contribution is -2.00. The van der Waals surface area contributed by atoms with Crippen LogP contribution in [0.1, 0.15) is 30.9 Å². The molecule has 0 radical (unpaired) electrons. The monoisotopic (exact) mass is 203 g/mol. The zero-order chi connectivity index (χ0) is 11.1. The Morgan fingerprint density at radius 1 is 1.40 bits per heavy atom. The molecular formula is C13H17NO. The van der Waals surface area contributed by atoms with Crippen LogP contribution in [0.2, 0.25) is 0 Å². The van der Waals surface area contributed by atoms with Crippen LogP contribution in [-0.2, 0) is 0 Å². The number of rotatable bonds is 5. The van der Waals surface area contributed by atoms with Crippen LogP contribution in [0.3, 0.4) is 0 Å². The molecule has 15 heavy (non-hydrogen) atoms. The molecule has 1 aromatic carbocycles. The van der Waals surface area contributed by atoms with E-state index in [1.807, 2.05) is 43.3 Å². The molecule has 1 aromatic rings. The zero-order valence-electron chi connectivity index (χ0n) is 8.98. The lowest BCUT2D eigenvalue weighted by molar-refractivity contribution is 0.174. The summed E-state index contributed by atoms with van der Waals surface area (Å²) in [6.45, 7) is 1.97. The van der Waals surface area contributed by atoms with Gasteiger partial charge in [-0.15, -0.1) is 0 Å². The molecule has 0 bridgehead atoms. The predicted molar refractivity (Wildman–Crippen MR) is 64.3 cm³/mol. The second-order valence-corrected chi connectivity index (χ2v) is 3.51. The average molecular weight is 203 g/mol. The van der Waals surface area contributed by atoms with Crippen molar-refractivity contribution in [1.82, 2.24) is 0 Å². The second-order valence-electron chi connectivity index (χ2n) is 3.51. The molecule has 1 atom stereocenters. The largest absolute Gasteiger partial charge is 0.393 e. The van der Waals surface area contributed by atoms with Crippen molar-refractivity contribution in [3.05, 3.63) is 41.5 Å². The quantitative estimate of drug-likeness (QED) is 0.710. The Labute approximate surface area is 90.8 Å². The van der Waals surface area contributed by atoms with Crippen LogP contribution in [0, 0.1) is 5.41 Å². The van der Waals surface area contributed by atoms with Gasteiger partial charge in [0.2, 0.25) is 0 Å². The van der Waals surface area contributed by atoms with Gasteiger partial charge < -0.3 is 10.5 Å². The number of benzene rings is 1. The first kappa shape index (κ1) is 11.7. The molecule has 0 aliphatic carbocycles. The van der Waals surface area contributed by atoms with E-state index in [0.717, 1.165) is 17.5 Å². The highest BCUT2D eigenvalue weighted by atomic mass is 16.3. The first-order valence-corrected chi connectivity index (χ1v) is 5.21. The highest BCUT2D eigenvalue weighted by Crippen LogP contribution is 2.07. The van der Waals surface area contributed by atoms with Crippen molar-refractivity contribution in [2.45, 2.75) is 25.9 Å². The van der Waals surface area contributed by atoms with Gasteiger partial charge in [-0.25, -0.2) is 0 Å². The minimum Gasteiger partial charge on any atom is -0.393 e. The molecule has 2 N–H and O–H groups in total. The molecule has 80 valence electrons. The van der Waals surface area contributed by atoms with Gasteiger partial charge in [0, 0.05) is 6.21 Å². The lowest BCUT2D eigenvalue weighted by atomic mass is 10.1. The molecule has 2 heteroatoms. The van der Waals surface area contributed by atoms with Crippen molar-refractivity contribution >= 4 is 12.3 Å². The summed E-state index contributed by atoms with van der Waals surface area (Å²) in [6, 6.07) is 7.76. The SMILES string of the molecule is CCC(O)C/C=C/c1cccc(C=N)c1. The van der Waals surface area contributed by atoms with Crippen molar-refractivity contribution < 1.29 is 5.11 Å². The number of hydrogen-bond acceptors (Lipinski definition) is 2. The fourth-order valence-electron chi connectivity index (χ4n) is 1.28. The van der Waals surface area contributed by atoms with E-state index >= 15 is 0 Å². The summed E-state index contributed by atoms with van der Waals surface area (Å²) in [4.78, 5) is 0. The third kappa shape index (κ3) is 4.09. The van der Waals surface area contributed by atoms with Crippen LogP contribution in [-0.4, -0.2) is 17.4 Å². The van der Waals surface area contributed by atoms with E-state index in [1.54, 1.807) is 0 Å². The zero-order valence-corrected chi connectivity index (χ0v) is 8.98. The van der Waals surface area contributed by atoms with E-state index in [4.69, 9.17) is 5.41 Å². The van der Waals surface area contributed by atoms with E-state index in [2.05, 4.69) is 0 Å². The van der Waals surface area contributed by atoms with E-state index in [-0.39, 0.29) is 6.10 Å². The molecule has 1 rings (SSSR count). The summed E-state index contributed by atoms with van der Waals surface area (Å²) < 4.78 is 0. The standard InChI is InChI=1S/C13H17NO/c1-2-13(15)8-4-6-11-5-3-7-12(9-11)10-14/h3-7,9-10,13-15H,2,8H2,1H3/b6-4+,14-10?. The molecule has 2 nitrogen and oxygen atoms in total. The Hall–Kier alpha value is -1.41. The number of hydrogen-bond donors (Lipinski definition) is 2. The van der Waals surface area contributed by atoms with Crippen LogP contribution < -0.4 is 0 Å². The van der Waals surface area contributed by atoms with E-state index in [9.17, 15) is 5.11 Å². The van der Waals surface area contributed by atoms with E-state index in [1.165, 1.54) is 6.21 Å². The highest BCUT2D eigenvalue weighted by Gasteiger charge is 1.95. The fourth-order valence-corrected chi connectivity index (χ4v) is 1.28. The third-order valence-electron chi connectivity index (χ3n) is 2.27. The van der Waals surface area contributed by atoms with Gasteiger partial charge in [-0.1, -0.05) is 37.3 Å². The minimum absolute atomic E-state index is 0.243. The molecule has 0 heterocycles. The molecule has 0 aliphatic rings. The van der Waals surface area contributed by atoms with Gasteiger partial charge in [0.05, 0.1) is 6.10 Å². The van der Waals surface area contributed by atoms with Gasteiger partial charge in [0.1, 0.15) is 0 Å². The lowest BCUT2D eigenvalue weighted by Gasteiger charge is -2.02. The van der Waals surface area contributed by atoms with Gasteiger partial charge in [0.25, 0.3) is 0 Å². The first-order chi connectivity index (χ1) is 7.26.